The standard InChI is InChI=1S/C17H21NO3/c1-12-13(9-7-11-19)14-8-5-6-10-15(14)18(12)16(20)21-17(2,3)4/h5-6,8,10-11H,7,9H2,1-4H3. The third kappa shape index (κ3) is 3.15. The molecular weight excluding hydrogens is 266 g/mol. The molecule has 1 aromatic heterocycles. The summed E-state index contributed by atoms with van der Waals surface area (Å²) in [6.45, 7) is 7.43. The number of carbonyl (C=O) groups is 2. The van der Waals surface area contributed by atoms with Crippen molar-refractivity contribution in [1.82, 2.24) is 4.57 Å². The fraction of sp³-hybridized carbons (Fsp3) is 0.412. The number of aryl methyl sites for hydroxylation is 1. The number of rotatable bonds is 3. The van der Waals surface area contributed by atoms with Crippen LogP contribution in [0.25, 0.3) is 10.9 Å². The largest absolute Gasteiger partial charge is 0.443 e. The van der Waals surface area contributed by atoms with Crippen LogP contribution in [0, 0.1) is 6.92 Å². The van der Waals surface area contributed by atoms with Crippen molar-refractivity contribution in [2.24, 2.45) is 0 Å². The number of aromatic nitrogens is 1. The Morgan fingerprint density at radius 2 is 1.95 bits per heavy atom. The van der Waals surface area contributed by atoms with Crippen LogP contribution in [-0.4, -0.2) is 22.5 Å². The second-order valence-electron chi connectivity index (χ2n) is 6.10. The van der Waals surface area contributed by atoms with Crippen LogP contribution in [0.2, 0.25) is 0 Å². The summed E-state index contributed by atoms with van der Waals surface area (Å²) in [5.74, 6) is 0. The fourth-order valence-electron chi connectivity index (χ4n) is 2.50. The molecule has 2 aromatic rings. The summed E-state index contributed by atoms with van der Waals surface area (Å²) in [4.78, 5) is 23.1. The van der Waals surface area contributed by atoms with E-state index >= 15 is 0 Å². The van der Waals surface area contributed by atoms with Gasteiger partial charge in [-0.25, -0.2) is 9.36 Å². The molecule has 21 heavy (non-hydrogen) atoms. The summed E-state index contributed by atoms with van der Waals surface area (Å²) in [5, 5.41) is 1.00. The van der Waals surface area contributed by atoms with Crippen molar-refractivity contribution < 1.29 is 14.3 Å². The monoisotopic (exact) mass is 287 g/mol. The first kappa shape index (κ1) is 15.3. The zero-order chi connectivity index (χ0) is 15.6. The van der Waals surface area contributed by atoms with E-state index in [0.29, 0.717) is 12.8 Å². The van der Waals surface area contributed by atoms with Gasteiger partial charge in [0.05, 0.1) is 5.52 Å². The van der Waals surface area contributed by atoms with Crippen molar-refractivity contribution in [2.75, 3.05) is 0 Å². The minimum absolute atomic E-state index is 0.381. The molecule has 0 aliphatic heterocycles. The molecule has 4 nitrogen and oxygen atoms in total. The van der Waals surface area contributed by atoms with E-state index in [0.717, 1.165) is 28.4 Å². The van der Waals surface area contributed by atoms with Gasteiger partial charge in [0, 0.05) is 17.5 Å². The Morgan fingerprint density at radius 1 is 1.29 bits per heavy atom. The summed E-state index contributed by atoms with van der Waals surface area (Å²) >= 11 is 0. The zero-order valence-electron chi connectivity index (χ0n) is 13.0. The van der Waals surface area contributed by atoms with Crippen molar-refractivity contribution in [3.63, 3.8) is 0 Å². The fourth-order valence-corrected chi connectivity index (χ4v) is 2.50. The average molecular weight is 287 g/mol. The number of para-hydroxylation sites is 1. The molecule has 0 spiro atoms. The van der Waals surface area contributed by atoms with Gasteiger partial charge in [0.1, 0.15) is 11.9 Å². The van der Waals surface area contributed by atoms with Gasteiger partial charge in [-0.3, -0.25) is 0 Å². The first-order chi connectivity index (χ1) is 9.85. The normalized spacial score (nSPS) is 11.6. The molecule has 1 aromatic carbocycles. The maximum atomic E-state index is 12.5. The minimum atomic E-state index is -0.544. The number of carbonyl (C=O) groups excluding carboxylic acids is 2. The van der Waals surface area contributed by atoms with Gasteiger partial charge in [0.2, 0.25) is 0 Å². The molecule has 0 saturated carbocycles. The smallest absolute Gasteiger partial charge is 0.419 e. The van der Waals surface area contributed by atoms with Gasteiger partial charge in [-0.05, 0) is 45.7 Å². The summed E-state index contributed by atoms with van der Waals surface area (Å²) in [5.41, 5.74) is 2.15. The van der Waals surface area contributed by atoms with E-state index < -0.39 is 5.60 Å². The number of fused-ring (bicyclic) bond motifs is 1. The van der Waals surface area contributed by atoms with Crippen LogP contribution >= 0.6 is 0 Å². The van der Waals surface area contributed by atoms with Crippen molar-refractivity contribution in [1.29, 1.82) is 0 Å². The first-order valence-corrected chi connectivity index (χ1v) is 7.11. The molecule has 0 fully saturated rings. The lowest BCUT2D eigenvalue weighted by Gasteiger charge is -2.20. The second-order valence-corrected chi connectivity index (χ2v) is 6.10. The molecule has 2 rings (SSSR count). The Labute approximate surface area is 124 Å². The molecule has 0 aliphatic rings. The molecule has 1 heterocycles. The van der Waals surface area contributed by atoms with Crippen LogP contribution in [0.15, 0.2) is 24.3 Å². The van der Waals surface area contributed by atoms with Gasteiger partial charge in [0.15, 0.2) is 0 Å². The highest BCUT2D eigenvalue weighted by Gasteiger charge is 2.23. The van der Waals surface area contributed by atoms with Gasteiger partial charge in [-0.15, -0.1) is 0 Å². The van der Waals surface area contributed by atoms with E-state index in [-0.39, 0.29) is 6.09 Å². The van der Waals surface area contributed by atoms with Crippen molar-refractivity contribution in [2.45, 2.75) is 46.1 Å². The molecule has 112 valence electrons. The van der Waals surface area contributed by atoms with Gasteiger partial charge >= 0.3 is 6.09 Å². The van der Waals surface area contributed by atoms with Gasteiger partial charge < -0.3 is 9.53 Å². The molecule has 0 unspecified atom stereocenters. The average Bonchev–Trinajstić information content (AvgIpc) is 2.66. The Hall–Kier alpha value is -2.10. The molecule has 0 aliphatic carbocycles. The lowest BCUT2D eigenvalue weighted by Crippen LogP contribution is -2.27. The van der Waals surface area contributed by atoms with Gasteiger partial charge in [-0.2, -0.15) is 0 Å². The Balaban J connectivity index is 2.55. The van der Waals surface area contributed by atoms with Crippen molar-refractivity contribution in [3.8, 4) is 0 Å². The summed E-state index contributed by atoms with van der Waals surface area (Å²) < 4.78 is 7.08. The molecule has 0 bridgehead atoms. The van der Waals surface area contributed by atoms with Crippen LogP contribution in [-0.2, 0) is 16.0 Å². The number of nitrogens with zero attached hydrogens (tertiary/aromatic N) is 1. The van der Waals surface area contributed by atoms with Crippen LogP contribution in [0.3, 0.4) is 0 Å². The Morgan fingerprint density at radius 3 is 2.57 bits per heavy atom. The predicted octanol–water partition coefficient (Wildman–Crippen LogP) is 3.86. The summed E-state index contributed by atoms with van der Waals surface area (Å²) in [6.07, 6.45) is 1.60. The van der Waals surface area contributed by atoms with Crippen LogP contribution < -0.4 is 0 Å². The van der Waals surface area contributed by atoms with E-state index in [1.165, 1.54) is 0 Å². The van der Waals surface area contributed by atoms with E-state index in [1.54, 1.807) is 4.57 Å². The molecule has 0 radical (unpaired) electrons. The quantitative estimate of drug-likeness (QED) is 0.805. The highest BCUT2D eigenvalue weighted by Crippen LogP contribution is 2.27. The third-order valence-electron chi connectivity index (χ3n) is 3.33. The highest BCUT2D eigenvalue weighted by molar-refractivity contribution is 5.93. The zero-order valence-corrected chi connectivity index (χ0v) is 13.0. The third-order valence-corrected chi connectivity index (χ3v) is 3.33. The molecule has 0 atom stereocenters. The number of ether oxygens (including phenoxy) is 1. The van der Waals surface area contributed by atoms with E-state index in [1.807, 2.05) is 52.0 Å². The van der Waals surface area contributed by atoms with Crippen molar-refractivity contribution in [3.05, 3.63) is 35.5 Å². The maximum absolute atomic E-state index is 12.5. The van der Waals surface area contributed by atoms with E-state index in [4.69, 9.17) is 4.74 Å². The summed E-state index contributed by atoms with van der Waals surface area (Å²) in [7, 11) is 0. The van der Waals surface area contributed by atoms with E-state index in [2.05, 4.69) is 0 Å². The lowest BCUT2D eigenvalue weighted by atomic mass is 10.1. The SMILES string of the molecule is Cc1c(CCC=O)c2ccccc2n1C(=O)OC(C)(C)C. The topological polar surface area (TPSA) is 48.3 Å². The van der Waals surface area contributed by atoms with Crippen LogP contribution in [0.4, 0.5) is 4.79 Å². The highest BCUT2D eigenvalue weighted by atomic mass is 16.6. The van der Waals surface area contributed by atoms with Crippen molar-refractivity contribution >= 4 is 23.3 Å². The molecule has 0 saturated heterocycles. The van der Waals surface area contributed by atoms with Crippen LogP contribution in [0.5, 0.6) is 0 Å². The summed E-state index contributed by atoms with van der Waals surface area (Å²) in [6, 6.07) is 7.71. The Bertz CT molecular complexity index is 677. The Kier molecular flexibility index (Phi) is 4.16. The number of benzene rings is 1. The second kappa shape index (κ2) is 5.72. The number of hydrogen-bond acceptors (Lipinski definition) is 3. The molecule has 4 heteroatoms. The number of hydrogen-bond donors (Lipinski definition) is 0. The van der Waals surface area contributed by atoms with Gasteiger partial charge in [-0.1, -0.05) is 18.2 Å². The first-order valence-electron chi connectivity index (χ1n) is 7.11. The predicted molar refractivity (Wildman–Crippen MR) is 82.7 cm³/mol. The minimum Gasteiger partial charge on any atom is -0.443 e. The van der Waals surface area contributed by atoms with E-state index in [9.17, 15) is 9.59 Å². The lowest BCUT2D eigenvalue weighted by molar-refractivity contribution is -0.107. The molecule has 0 N–H and O–H groups in total. The number of aldehydes is 1. The molecule has 0 amide bonds. The van der Waals surface area contributed by atoms with Crippen LogP contribution in [0.1, 0.15) is 38.4 Å². The maximum Gasteiger partial charge on any atom is 0.419 e. The van der Waals surface area contributed by atoms with Gasteiger partial charge in [0.25, 0.3) is 0 Å². The molecular formula is C17H21NO3.